The number of aromatic nitrogens is 3. The Morgan fingerprint density at radius 2 is 1.75 bits per heavy atom. The molecule has 2 atom stereocenters. The van der Waals surface area contributed by atoms with Gasteiger partial charge in [0, 0.05) is 79.0 Å². The number of thiophene rings is 1. The van der Waals surface area contributed by atoms with Crippen molar-refractivity contribution in [3.63, 3.8) is 0 Å². The van der Waals surface area contributed by atoms with Gasteiger partial charge in [-0.15, -0.1) is 11.3 Å². The molecule has 0 bridgehead atoms. The van der Waals surface area contributed by atoms with Gasteiger partial charge in [-0.2, -0.15) is 0 Å². The summed E-state index contributed by atoms with van der Waals surface area (Å²) in [6.07, 6.45) is 0.999. The molecule has 3 aliphatic rings. The number of hydrogen-bond donors (Lipinski definition) is 3. The molecule has 0 radical (unpaired) electrons. The van der Waals surface area contributed by atoms with Crippen LogP contribution in [0.3, 0.4) is 0 Å². The van der Waals surface area contributed by atoms with E-state index in [1.54, 1.807) is 11.6 Å². The number of nitrogens with one attached hydrogen (secondary N) is 3. The number of piperazine rings is 1. The molecule has 2 fully saturated rings. The summed E-state index contributed by atoms with van der Waals surface area (Å²) < 4.78 is 15.6. The van der Waals surface area contributed by atoms with Crippen molar-refractivity contribution in [1.29, 1.82) is 0 Å². The van der Waals surface area contributed by atoms with E-state index >= 15 is 0 Å². The van der Waals surface area contributed by atoms with Gasteiger partial charge >= 0.3 is 5.69 Å². The molecule has 3 N–H and O–H groups in total. The van der Waals surface area contributed by atoms with Gasteiger partial charge in [0.15, 0.2) is 0 Å². The number of nitrogens with zero attached hydrogens (tertiary/aromatic N) is 5. The van der Waals surface area contributed by atoms with E-state index in [1.807, 2.05) is 54.3 Å². The van der Waals surface area contributed by atoms with Crippen molar-refractivity contribution < 1.29 is 28.7 Å². The number of aryl methyl sites for hydroxylation is 1. The van der Waals surface area contributed by atoms with Gasteiger partial charge < -0.3 is 29.9 Å². The Morgan fingerprint density at radius 3 is 2.58 bits per heavy atom. The summed E-state index contributed by atoms with van der Waals surface area (Å²) in [4.78, 5) is 73.2. The maximum atomic E-state index is 13.2. The largest absolute Gasteiger partial charge is 0.381 e. The third kappa shape index (κ3) is 7.50. The van der Waals surface area contributed by atoms with E-state index in [0.29, 0.717) is 62.8 Å². The number of amides is 4. The number of hydrogen-bond acceptors (Lipinski definition) is 11. The van der Waals surface area contributed by atoms with Crippen LogP contribution in [0.15, 0.2) is 71.5 Å². The Morgan fingerprint density at radius 1 is 0.933 bits per heavy atom. The van der Waals surface area contributed by atoms with Crippen LogP contribution in [-0.4, -0.2) is 108 Å². The van der Waals surface area contributed by atoms with Gasteiger partial charge in [0.1, 0.15) is 17.5 Å². The summed E-state index contributed by atoms with van der Waals surface area (Å²) in [6.45, 7) is 6.15. The number of carbonyl (C=O) groups is 4. The van der Waals surface area contributed by atoms with Crippen molar-refractivity contribution in [3.05, 3.63) is 87.7 Å². The van der Waals surface area contributed by atoms with Gasteiger partial charge in [0.25, 0.3) is 5.91 Å². The number of piperidine rings is 1. The quantitative estimate of drug-likeness (QED) is 0.127. The minimum atomic E-state index is -0.738. The fourth-order valence-corrected chi connectivity index (χ4v) is 9.66. The standard InChI is InChI=1S/C44H46N8O7S/c1-26-24-45-39-38-30-9-10-31(47-32(30)11-13-35(38)60-41(39)43(56)46-26)28-6-3-7-29(23-28)50-16-18-51(19-17-50)37(54)25-59-22-21-58-20-15-27-5-4-8-33-40(27)49(2)44(57)52(33)34-12-14-36(53)48-42(34)55/h3-11,13,23,26,34,45H,12,14-22,24-25H2,1-2H3,(H,46,56)(H,48,53,55)/t26-,34?/m1/s1. The average Bonchev–Trinajstić information content (AvgIpc) is 3.71. The lowest BCUT2D eigenvalue weighted by Gasteiger charge is -2.36. The maximum Gasteiger partial charge on any atom is 0.329 e. The molecule has 0 saturated carbocycles. The number of anilines is 2. The molecule has 9 rings (SSSR count). The van der Waals surface area contributed by atoms with E-state index in [1.165, 1.54) is 15.9 Å². The van der Waals surface area contributed by atoms with Gasteiger partial charge in [-0.05, 0) is 67.8 Å². The summed E-state index contributed by atoms with van der Waals surface area (Å²) in [7, 11) is 1.68. The van der Waals surface area contributed by atoms with Crippen molar-refractivity contribution in [2.45, 2.75) is 38.3 Å². The van der Waals surface area contributed by atoms with Gasteiger partial charge in [-0.25, -0.2) is 9.78 Å². The summed E-state index contributed by atoms with van der Waals surface area (Å²) in [5.74, 6) is -0.891. The van der Waals surface area contributed by atoms with Crippen molar-refractivity contribution in [1.82, 2.24) is 29.7 Å². The van der Waals surface area contributed by atoms with Crippen LogP contribution in [0.2, 0.25) is 0 Å². The number of para-hydroxylation sites is 1. The highest BCUT2D eigenvalue weighted by molar-refractivity contribution is 7.21. The minimum absolute atomic E-state index is 0.0232. The van der Waals surface area contributed by atoms with Crippen LogP contribution < -0.4 is 26.5 Å². The molecular formula is C44H46N8O7S. The molecule has 15 nitrogen and oxygen atoms in total. The first kappa shape index (κ1) is 39.4. The molecular weight excluding hydrogens is 785 g/mol. The first-order valence-corrected chi connectivity index (χ1v) is 21.2. The van der Waals surface area contributed by atoms with Crippen molar-refractivity contribution >= 4 is 78.4 Å². The molecule has 3 aromatic heterocycles. The van der Waals surface area contributed by atoms with E-state index in [2.05, 4.69) is 45.1 Å². The third-order valence-electron chi connectivity index (χ3n) is 11.7. The summed E-state index contributed by atoms with van der Waals surface area (Å²) in [6, 6.07) is 21.5. The molecule has 6 heterocycles. The van der Waals surface area contributed by atoms with E-state index in [9.17, 15) is 24.0 Å². The zero-order valence-corrected chi connectivity index (χ0v) is 34.3. The number of ether oxygens (including phenoxy) is 2. The van der Waals surface area contributed by atoms with Gasteiger partial charge in [0.2, 0.25) is 17.7 Å². The third-order valence-corrected chi connectivity index (χ3v) is 12.8. The van der Waals surface area contributed by atoms with Crippen molar-refractivity contribution in [2.75, 3.05) is 69.4 Å². The maximum absolute atomic E-state index is 13.2. The summed E-state index contributed by atoms with van der Waals surface area (Å²) in [5.41, 5.74) is 6.67. The van der Waals surface area contributed by atoms with E-state index in [4.69, 9.17) is 14.5 Å². The molecule has 1 unspecified atom stereocenters. The van der Waals surface area contributed by atoms with Gasteiger partial charge in [-0.3, -0.25) is 33.6 Å². The van der Waals surface area contributed by atoms with E-state index < -0.39 is 11.9 Å². The second-order valence-electron chi connectivity index (χ2n) is 15.6. The zero-order valence-electron chi connectivity index (χ0n) is 33.5. The lowest BCUT2D eigenvalue weighted by Crippen LogP contribution is -2.49. The lowest BCUT2D eigenvalue weighted by molar-refractivity contribution is -0.137. The topological polar surface area (TPSA) is 169 Å². The Balaban J connectivity index is 0.747. The Kier molecular flexibility index (Phi) is 10.8. The smallest absolute Gasteiger partial charge is 0.329 e. The minimum Gasteiger partial charge on any atom is -0.381 e. The number of imide groups is 1. The van der Waals surface area contributed by atoms with Crippen LogP contribution in [0.1, 0.15) is 41.0 Å². The van der Waals surface area contributed by atoms with Crippen molar-refractivity contribution in [2.24, 2.45) is 7.05 Å². The first-order chi connectivity index (χ1) is 29.1. The monoisotopic (exact) mass is 830 g/mol. The van der Waals surface area contributed by atoms with Crippen LogP contribution in [0.5, 0.6) is 0 Å². The highest BCUT2D eigenvalue weighted by Gasteiger charge is 2.32. The van der Waals surface area contributed by atoms with E-state index in [-0.39, 0.29) is 55.5 Å². The molecule has 0 aliphatic carbocycles. The van der Waals surface area contributed by atoms with Crippen LogP contribution >= 0.6 is 11.3 Å². The molecule has 0 spiro atoms. The van der Waals surface area contributed by atoms with E-state index in [0.717, 1.165) is 54.7 Å². The second kappa shape index (κ2) is 16.5. The molecule has 2 saturated heterocycles. The molecule has 16 heteroatoms. The predicted molar refractivity (Wildman–Crippen MR) is 231 cm³/mol. The van der Waals surface area contributed by atoms with Crippen molar-refractivity contribution in [3.8, 4) is 11.3 Å². The Labute approximate surface area is 349 Å². The average molecular weight is 831 g/mol. The van der Waals surface area contributed by atoms with Crippen LogP contribution in [0.4, 0.5) is 11.4 Å². The highest BCUT2D eigenvalue weighted by Crippen LogP contribution is 2.41. The molecule has 4 amide bonds. The SMILES string of the molecule is C[C@@H]1CNc2c(sc3ccc4nc(-c5cccc(N6CCN(C(=O)COCCOCCc7cccc8c7n(C)c(=O)n8C7CCC(=O)NC7=O)CC6)c5)ccc4c23)C(=O)N1. The summed E-state index contributed by atoms with van der Waals surface area (Å²) in [5, 5.41) is 10.9. The lowest BCUT2D eigenvalue weighted by atomic mass is 10.1. The number of pyridine rings is 1. The molecule has 6 aromatic rings. The predicted octanol–water partition coefficient (Wildman–Crippen LogP) is 4.22. The second-order valence-corrected chi connectivity index (χ2v) is 16.6. The number of benzene rings is 3. The first-order valence-electron chi connectivity index (χ1n) is 20.4. The number of imidazole rings is 1. The molecule has 60 heavy (non-hydrogen) atoms. The Bertz CT molecular complexity index is 2730. The summed E-state index contributed by atoms with van der Waals surface area (Å²) >= 11 is 1.50. The van der Waals surface area contributed by atoms with Crippen LogP contribution in [0, 0.1) is 0 Å². The number of rotatable bonds is 11. The molecule has 3 aliphatic heterocycles. The normalized spacial score (nSPS) is 18.4. The Hall–Kier alpha value is -6.10. The van der Waals surface area contributed by atoms with Crippen LogP contribution in [-0.2, 0) is 37.3 Å². The number of carbonyl (C=O) groups excluding carboxylic acids is 4. The van der Waals surface area contributed by atoms with Crippen LogP contribution in [0.25, 0.3) is 43.3 Å². The van der Waals surface area contributed by atoms with Gasteiger partial charge in [-0.1, -0.05) is 24.3 Å². The fourth-order valence-electron chi connectivity index (χ4n) is 8.57. The fraction of sp³-hybridized carbons (Fsp3) is 0.364. The number of fused-ring (bicyclic) bond motifs is 6. The molecule has 3 aromatic carbocycles. The molecule has 310 valence electrons. The van der Waals surface area contributed by atoms with Gasteiger partial charge in [0.05, 0.1) is 47.8 Å². The highest BCUT2D eigenvalue weighted by atomic mass is 32.1. The zero-order chi connectivity index (χ0) is 41.5.